The lowest BCUT2D eigenvalue weighted by molar-refractivity contribution is 0.402. The van der Waals surface area contributed by atoms with Gasteiger partial charge in [0.15, 0.2) is 5.69 Å². The highest BCUT2D eigenvalue weighted by molar-refractivity contribution is 5.84. The van der Waals surface area contributed by atoms with Crippen molar-refractivity contribution in [2.24, 2.45) is 5.10 Å². The monoisotopic (exact) mass is 351 g/mol. The molecule has 3 aromatic rings. The van der Waals surface area contributed by atoms with Crippen molar-refractivity contribution in [3.8, 4) is 22.8 Å². The Morgan fingerprint density at radius 2 is 1.88 bits per heavy atom. The Labute approximate surface area is 149 Å². The lowest BCUT2D eigenvalue weighted by atomic mass is 10.2. The second-order valence-electron chi connectivity index (χ2n) is 5.20. The number of hydrazone groups is 1. The third-order valence-electron chi connectivity index (χ3n) is 3.56. The summed E-state index contributed by atoms with van der Waals surface area (Å²) in [7, 11) is 3.15. The van der Waals surface area contributed by atoms with Gasteiger partial charge in [-0.15, -0.1) is 10.2 Å². The molecule has 0 aliphatic carbocycles. The van der Waals surface area contributed by atoms with Crippen LogP contribution in [0.5, 0.6) is 11.5 Å². The van der Waals surface area contributed by atoms with Crippen molar-refractivity contribution in [3.63, 3.8) is 0 Å². The third-order valence-corrected chi connectivity index (χ3v) is 3.56. The van der Waals surface area contributed by atoms with Crippen LogP contribution in [0.4, 0.5) is 5.95 Å². The molecular weight excluding hydrogens is 334 g/mol. The van der Waals surface area contributed by atoms with Gasteiger partial charge in [-0.25, -0.2) is 5.43 Å². The fraction of sp³-hybridized carbons (Fsp3) is 0.111. The first-order valence-corrected chi connectivity index (χ1v) is 7.75. The van der Waals surface area contributed by atoms with Crippen LogP contribution in [0, 0.1) is 0 Å². The van der Waals surface area contributed by atoms with E-state index in [1.54, 1.807) is 44.6 Å². The largest absolute Gasteiger partial charge is 0.497 e. The van der Waals surface area contributed by atoms with Crippen LogP contribution in [0.25, 0.3) is 11.3 Å². The van der Waals surface area contributed by atoms with Gasteiger partial charge in [0.1, 0.15) is 11.5 Å². The van der Waals surface area contributed by atoms with E-state index in [0.29, 0.717) is 22.6 Å². The minimum Gasteiger partial charge on any atom is -0.497 e. The fourth-order valence-corrected chi connectivity index (χ4v) is 2.28. The summed E-state index contributed by atoms with van der Waals surface area (Å²) in [4.78, 5) is 14.8. The first-order chi connectivity index (χ1) is 12.7. The van der Waals surface area contributed by atoms with E-state index in [9.17, 15) is 4.79 Å². The van der Waals surface area contributed by atoms with Crippen LogP contribution in [-0.4, -0.2) is 35.6 Å². The Bertz CT molecular complexity index is 970. The summed E-state index contributed by atoms with van der Waals surface area (Å²) < 4.78 is 10.5. The average Bonchev–Trinajstić information content (AvgIpc) is 2.68. The molecule has 0 spiro atoms. The lowest BCUT2D eigenvalue weighted by Crippen LogP contribution is -2.15. The number of hydrogen-bond donors (Lipinski definition) is 2. The minimum absolute atomic E-state index is 0.132. The maximum absolute atomic E-state index is 12.2. The standard InChI is InChI=1S/C18H17N5O3/c1-25-14-8-9-15(26-2)13(10-14)11-19-22-18-20-17(24)16(21-23-18)12-6-4-3-5-7-12/h3-11H,1-2H3,(H2,20,22,23,24)/b19-11+. The van der Waals surface area contributed by atoms with Crippen molar-refractivity contribution in [1.82, 2.24) is 15.2 Å². The van der Waals surface area contributed by atoms with E-state index in [1.807, 2.05) is 18.2 Å². The highest BCUT2D eigenvalue weighted by Gasteiger charge is 2.07. The van der Waals surface area contributed by atoms with Crippen LogP contribution < -0.4 is 20.5 Å². The molecule has 2 aromatic carbocycles. The molecular formula is C18H17N5O3. The van der Waals surface area contributed by atoms with Crippen molar-refractivity contribution in [2.75, 3.05) is 19.6 Å². The maximum Gasteiger partial charge on any atom is 0.279 e. The molecule has 2 N–H and O–H groups in total. The Morgan fingerprint density at radius 1 is 1.08 bits per heavy atom. The van der Waals surface area contributed by atoms with E-state index in [4.69, 9.17) is 9.47 Å². The van der Waals surface area contributed by atoms with E-state index in [0.717, 1.165) is 0 Å². The van der Waals surface area contributed by atoms with Gasteiger partial charge in [-0.3, -0.25) is 9.78 Å². The summed E-state index contributed by atoms with van der Waals surface area (Å²) in [5, 5.41) is 12.0. The lowest BCUT2D eigenvalue weighted by Gasteiger charge is -2.06. The molecule has 0 unspecified atom stereocenters. The van der Waals surface area contributed by atoms with E-state index < -0.39 is 0 Å². The second kappa shape index (κ2) is 7.93. The number of anilines is 1. The minimum atomic E-state index is -0.358. The zero-order chi connectivity index (χ0) is 18.4. The van der Waals surface area contributed by atoms with Crippen LogP contribution >= 0.6 is 0 Å². The first kappa shape index (κ1) is 17.2. The molecule has 1 aromatic heterocycles. The summed E-state index contributed by atoms with van der Waals surface area (Å²) in [6.45, 7) is 0. The van der Waals surface area contributed by atoms with Gasteiger partial charge in [-0.2, -0.15) is 5.10 Å². The SMILES string of the molecule is COc1ccc(OC)c(/C=N/Nc2nnc(-c3ccccc3)c(=O)[nH]2)c1. The van der Waals surface area contributed by atoms with Crippen LogP contribution in [0.1, 0.15) is 5.56 Å². The number of H-pyrrole nitrogens is 1. The van der Waals surface area contributed by atoms with Crippen molar-refractivity contribution < 1.29 is 9.47 Å². The van der Waals surface area contributed by atoms with Gasteiger partial charge >= 0.3 is 0 Å². The molecule has 0 aliphatic heterocycles. The normalized spacial score (nSPS) is 10.7. The average molecular weight is 351 g/mol. The molecule has 132 valence electrons. The van der Waals surface area contributed by atoms with E-state index >= 15 is 0 Å². The zero-order valence-electron chi connectivity index (χ0n) is 14.3. The quantitative estimate of drug-likeness (QED) is 0.522. The molecule has 1 heterocycles. The fourth-order valence-electron chi connectivity index (χ4n) is 2.28. The molecule has 0 aliphatic rings. The molecule has 0 saturated heterocycles. The number of ether oxygens (including phenoxy) is 2. The number of nitrogens with zero attached hydrogens (tertiary/aromatic N) is 3. The van der Waals surface area contributed by atoms with E-state index in [1.165, 1.54) is 6.21 Å². The van der Waals surface area contributed by atoms with Gasteiger partial charge in [-0.05, 0) is 18.2 Å². The highest BCUT2D eigenvalue weighted by atomic mass is 16.5. The molecule has 8 heteroatoms. The number of rotatable bonds is 6. The van der Waals surface area contributed by atoms with Gasteiger partial charge in [0, 0.05) is 11.1 Å². The van der Waals surface area contributed by atoms with Crippen LogP contribution in [0.15, 0.2) is 58.4 Å². The molecule has 3 rings (SSSR count). The Morgan fingerprint density at radius 3 is 2.58 bits per heavy atom. The number of hydrogen-bond acceptors (Lipinski definition) is 7. The van der Waals surface area contributed by atoms with E-state index in [2.05, 4.69) is 25.7 Å². The van der Waals surface area contributed by atoms with Crippen molar-refractivity contribution in [2.45, 2.75) is 0 Å². The van der Waals surface area contributed by atoms with E-state index in [-0.39, 0.29) is 17.2 Å². The topological polar surface area (TPSA) is 101 Å². The second-order valence-corrected chi connectivity index (χ2v) is 5.20. The van der Waals surface area contributed by atoms with Gasteiger partial charge in [0.2, 0.25) is 5.95 Å². The number of methoxy groups -OCH3 is 2. The molecule has 0 radical (unpaired) electrons. The van der Waals surface area contributed by atoms with Crippen molar-refractivity contribution in [1.29, 1.82) is 0 Å². The number of aromatic amines is 1. The summed E-state index contributed by atoms with van der Waals surface area (Å²) in [5.74, 6) is 1.44. The highest BCUT2D eigenvalue weighted by Crippen LogP contribution is 2.22. The molecule has 8 nitrogen and oxygen atoms in total. The number of nitrogens with one attached hydrogen (secondary N) is 2. The summed E-state index contributed by atoms with van der Waals surface area (Å²) >= 11 is 0. The van der Waals surface area contributed by atoms with Gasteiger partial charge < -0.3 is 9.47 Å². The third kappa shape index (κ3) is 3.86. The van der Waals surface area contributed by atoms with Gasteiger partial charge in [0.05, 0.1) is 20.4 Å². The predicted molar refractivity (Wildman–Crippen MR) is 98.9 cm³/mol. The first-order valence-electron chi connectivity index (χ1n) is 7.75. The van der Waals surface area contributed by atoms with Crippen LogP contribution in [0.3, 0.4) is 0 Å². The smallest absolute Gasteiger partial charge is 0.279 e. The van der Waals surface area contributed by atoms with Crippen LogP contribution in [0.2, 0.25) is 0 Å². The molecule has 26 heavy (non-hydrogen) atoms. The van der Waals surface area contributed by atoms with Gasteiger partial charge in [0.25, 0.3) is 5.56 Å². The van der Waals surface area contributed by atoms with Crippen LogP contribution in [-0.2, 0) is 0 Å². The van der Waals surface area contributed by atoms with Crippen molar-refractivity contribution in [3.05, 3.63) is 64.4 Å². The van der Waals surface area contributed by atoms with Crippen molar-refractivity contribution >= 4 is 12.2 Å². The number of benzene rings is 2. The predicted octanol–water partition coefficient (Wildman–Crippen LogP) is 2.30. The molecule has 0 amide bonds. The maximum atomic E-state index is 12.2. The molecule has 0 fully saturated rings. The summed E-state index contributed by atoms with van der Waals surface area (Å²) in [6, 6.07) is 14.4. The number of aromatic nitrogens is 3. The Balaban J connectivity index is 1.77. The molecule has 0 atom stereocenters. The summed E-state index contributed by atoms with van der Waals surface area (Å²) in [6.07, 6.45) is 1.53. The Kier molecular flexibility index (Phi) is 5.23. The van der Waals surface area contributed by atoms with Gasteiger partial charge in [-0.1, -0.05) is 30.3 Å². The zero-order valence-corrected chi connectivity index (χ0v) is 14.3. The summed E-state index contributed by atoms with van der Waals surface area (Å²) in [5.41, 5.74) is 3.93. The Hall–Kier alpha value is -3.68. The molecule has 0 bridgehead atoms. The molecule has 0 saturated carbocycles.